The zero-order chi connectivity index (χ0) is 13.7. The van der Waals surface area contributed by atoms with Crippen molar-refractivity contribution in [3.05, 3.63) is 41.0 Å². The van der Waals surface area contributed by atoms with Crippen LogP contribution in [0.4, 0.5) is 0 Å². The predicted molar refractivity (Wildman–Crippen MR) is 74.5 cm³/mol. The molecule has 3 heterocycles. The highest BCUT2D eigenvalue weighted by Crippen LogP contribution is 2.29. The second kappa shape index (κ2) is 4.23. The van der Waals surface area contributed by atoms with Crippen LogP contribution in [0.1, 0.15) is 46.8 Å². The van der Waals surface area contributed by atoms with E-state index in [1.54, 1.807) is 0 Å². The van der Waals surface area contributed by atoms with Crippen molar-refractivity contribution in [2.24, 2.45) is 0 Å². The van der Waals surface area contributed by atoms with Gasteiger partial charge in [0.1, 0.15) is 0 Å². The maximum Gasteiger partial charge on any atom is 0.275 e. The molecule has 0 fully saturated rings. The van der Waals surface area contributed by atoms with Crippen LogP contribution < -0.4 is 0 Å². The highest BCUT2D eigenvalue weighted by Gasteiger charge is 2.32. The standard InChI is InChI=1S/C15H18N4O/c1-10-13-6-3-7-18(13)8-9-19(10)15(20)14-11-4-2-5-12(11)16-17-14/h3,6-7,10H,2,4-5,8-9H2,1H3,(H,16,17). The van der Waals surface area contributed by atoms with E-state index in [4.69, 9.17) is 0 Å². The van der Waals surface area contributed by atoms with Crippen molar-refractivity contribution >= 4 is 5.91 Å². The Morgan fingerprint density at radius 2 is 2.30 bits per heavy atom. The Morgan fingerprint density at radius 3 is 3.20 bits per heavy atom. The number of H-pyrrole nitrogens is 1. The Hall–Kier alpha value is -2.04. The molecule has 2 aromatic heterocycles. The molecule has 5 nitrogen and oxygen atoms in total. The first-order valence-corrected chi connectivity index (χ1v) is 7.28. The fourth-order valence-corrected chi connectivity index (χ4v) is 3.49. The molecule has 20 heavy (non-hydrogen) atoms. The number of carbonyl (C=O) groups is 1. The number of amides is 1. The SMILES string of the molecule is CC1c2cccn2CCN1C(=O)c1n[nH]c2c1CCC2. The third-order valence-electron chi connectivity index (χ3n) is 4.61. The molecule has 0 saturated carbocycles. The molecule has 0 aromatic carbocycles. The summed E-state index contributed by atoms with van der Waals surface area (Å²) in [7, 11) is 0. The van der Waals surface area contributed by atoms with Crippen LogP contribution in [0.5, 0.6) is 0 Å². The first kappa shape index (κ1) is 11.8. The molecule has 0 spiro atoms. The van der Waals surface area contributed by atoms with Gasteiger partial charge in [0, 0.05) is 36.2 Å². The Balaban J connectivity index is 1.66. The minimum atomic E-state index is 0.0735. The zero-order valence-corrected chi connectivity index (χ0v) is 11.6. The second-order valence-electron chi connectivity index (χ2n) is 5.68. The van der Waals surface area contributed by atoms with Gasteiger partial charge in [0.15, 0.2) is 5.69 Å². The van der Waals surface area contributed by atoms with Crippen LogP contribution in [0.3, 0.4) is 0 Å². The van der Waals surface area contributed by atoms with Crippen LogP contribution in [0.25, 0.3) is 0 Å². The summed E-state index contributed by atoms with van der Waals surface area (Å²) in [5.41, 5.74) is 4.14. The maximum atomic E-state index is 12.8. The molecule has 1 N–H and O–H groups in total. The number of nitrogens with one attached hydrogen (secondary N) is 1. The third-order valence-corrected chi connectivity index (χ3v) is 4.61. The van der Waals surface area contributed by atoms with Crippen LogP contribution in [-0.2, 0) is 19.4 Å². The van der Waals surface area contributed by atoms with E-state index < -0.39 is 0 Å². The molecule has 1 aliphatic heterocycles. The maximum absolute atomic E-state index is 12.8. The van der Waals surface area contributed by atoms with E-state index in [0.717, 1.165) is 43.6 Å². The highest BCUT2D eigenvalue weighted by molar-refractivity contribution is 5.94. The summed E-state index contributed by atoms with van der Waals surface area (Å²) >= 11 is 0. The first-order chi connectivity index (χ1) is 9.75. The van der Waals surface area contributed by atoms with E-state index in [1.165, 1.54) is 5.69 Å². The molecule has 1 aliphatic carbocycles. The molecule has 0 radical (unpaired) electrons. The summed E-state index contributed by atoms with van der Waals surface area (Å²) < 4.78 is 2.23. The number of nitrogens with zero attached hydrogens (tertiary/aromatic N) is 3. The van der Waals surface area contributed by atoms with Crippen LogP contribution >= 0.6 is 0 Å². The first-order valence-electron chi connectivity index (χ1n) is 7.28. The quantitative estimate of drug-likeness (QED) is 0.860. The number of rotatable bonds is 1. The van der Waals surface area contributed by atoms with Gasteiger partial charge in [-0.05, 0) is 38.3 Å². The van der Waals surface area contributed by atoms with Crippen molar-refractivity contribution in [2.45, 2.75) is 38.8 Å². The molecule has 2 aromatic rings. The summed E-state index contributed by atoms with van der Waals surface area (Å²) in [6.07, 6.45) is 5.21. The van der Waals surface area contributed by atoms with Crippen molar-refractivity contribution in [3.63, 3.8) is 0 Å². The molecule has 1 amide bonds. The van der Waals surface area contributed by atoms with Gasteiger partial charge >= 0.3 is 0 Å². The van der Waals surface area contributed by atoms with E-state index in [2.05, 4.69) is 34.0 Å². The molecular formula is C15H18N4O. The summed E-state index contributed by atoms with van der Waals surface area (Å²) in [6.45, 7) is 3.71. The lowest BCUT2D eigenvalue weighted by molar-refractivity contribution is 0.0637. The summed E-state index contributed by atoms with van der Waals surface area (Å²) in [4.78, 5) is 14.7. The van der Waals surface area contributed by atoms with Crippen LogP contribution in [-0.4, -0.2) is 32.1 Å². The van der Waals surface area contributed by atoms with Crippen molar-refractivity contribution in [3.8, 4) is 0 Å². The number of aromatic amines is 1. The number of hydrogen-bond acceptors (Lipinski definition) is 2. The molecule has 4 rings (SSSR count). The van der Waals surface area contributed by atoms with Gasteiger partial charge in [-0.1, -0.05) is 0 Å². The Labute approximate surface area is 117 Å². The van der Waals surface area contributed by atoms with Crippen molar-refractivity contribution in [1.29, 1.82) is 0 Å². The van der Waals surface area contributed by atoms with Crippen molar-refractivity contribution in [1.82, 2.24) is 19.7 Å². The Morgan fingerprint density at radius 1 is 1.40 bits per heavy atom. The molecule has 5 heteroatoms. The number of aromatic nitrogens is 3. The molecule has 104 valence electrons. The lowest BCUT2D eigenvalue weighted by atomic mass is 10.1. The van der Waals surface area contributed by atoms with Crippen LogP contribution in [0, 0.1) is 0 Å². The van der Waals surface area contributed by atoms with Gasteiger partial charge in [-0.15, -0.1) is 0 Å². The molecular weight excluding hydrogens is 252 g/mol. The van der Waals surface area contributed by atoms with Gasteiger partial charge in [0.05, 0.1) is 6.04 Å². The molecule has 1 atom stereocenters. The topological polar surface area (TPSA) is 53.9 Å². The largest absolute Gasteiger partial charge is 0.348 e. The third kappa shape index (κ3) is 1.55. The molecule has 0 saturated heterocycles. The molecule has 1 unspecified atom stereocenters. The average molecular weight is 270 g/mol. The lowest BCUT2D eigenvalue weighted by Crippen LogP contribution is -2.41. The Bertz CT molecular complexity index is 669. The van der Waals surface area contributed by atoms with E-state index in [9.17, 15) is 4.79 Å². The van der Waals surface area contributed by atoms with E-state index in [1.807, 2.05) is 11.0 Å². The van der Waals surface area contributed by atoms with Crippen molar-refractivity contribution < 1.29 is 4.79 Å². The monoisotopic (exact) mass is 270 g/mol. The van der Waals surface area contributed by atoms with Gasteiger partial charge in [-0.25, -0.2) is 0 Å². The Kier molecular flexibility index (Phi) is 2.49. The van der Waals surface area contributed by atoms with Crippen molar-refractivity contribution in [2.75, 3.05) is 6.54 Å². The fraction of sp³-hybridized carbons (Fsp3) is 0.467. The summed E-state index contributed by atoms with van der Waals surface area (Å²) in [5, 5.41) is 7.30. The number of fused-ring (bicyclic) bond motifs is 2. The summed E-state index contributed by atoms with van der Waals surface area (Å²) in [5.74, 6) is 0.0735. The number of aryl methyl sites for hydroxylation is 1. The van der Waals surface area contributed by atoms with E-state index >= 15 is 0 Å². The minimum Gasteiger partial charge on any atom is -0.348 e. The second-order valence-corrected chi connectivity index (χ2v) is 5.68. The van der Waals surface area contributed by atoms with E-state index in [0.29, 0.717) is 5.69 Å². The van der Waals surface area contributed by atoms with Gasteiger partial charge in [0.25, 0.3) is 5.91 Å². The highest BCUT2D eigenvalue weighted by atomic mass is 16.2. The number of carbonyl (C=O) groups excluding carboxylic acids is 1. The van der Waals surface area contributed by atoms with Gasteiger partial charge < -0.3 is 9.47 Å². The van der Waals surface area contributed by atoms with Crippen LogP contribution in [0.15, 0.2) is 18.3 Å². The average Bonchev–Trinajstić information content (AvgIpc) is 3.14. The fourth-order valence-electron chi connectivity index (χ4n) is 3.49. The zero-order valence-electron chi connectivity index (χ0n) is 11.6. The van der Waals surface area contributed by atoms with Gasteiger partial charge in [0.2, 0.25) is 0 Å². The minimum absolute atomic E-state index is 0.0735. The summed E-state index contributed by atoms with van der Waals surface area (Å²) in [6, 6.07) is 4.26. The lowest BCUT2D eigenvalue weighted by Gasteiger charge is -2.34. The molecule has 0 bridgehead atoms. The smallest absolute Gasteiger partial charge is 0.275 e. The van der Waals surface area contributed by atoms with E-state index in [-0.39, 0.29) is 11.9 Å². The van der Waals surface area contributed by atoms with Gasteiger partial charge in [-0.2, -0.15) is 5.10 Å². The number of hydrogen-bond donors (Lipinski definition) is 1. The predicted octanol–water partition coefficient (Wildman–Crippen LogP) is 1.92. The molecule has 2 aliphatic rings. The van der Waals surface area contributed by atoms with Crippen LogP contribution in [0.2, 0.25) is 0 Å². The normalized spacial score (nSPS) is 20.9. The van der Waals surface area contributed by atoms with Gasteiger partial charge in [-0.3, -0.25) is 9.89 Å².